The number of carbonyl (C=O) groups excluding carboxylic acids is 1. The fourth-order valence-corrected chi connectivity index (χ4v) is 8.42. The topological polar surface area (TPSA) is 94.8 Å². The maximum absolute atomic E-state index is 13.3. The molecular weight excluding hydrogens is 416 g/mol. The molecule has 5 heteroatoms. The van der Waals surface area contributed by atoms with Gasteiger partial charge in [0.05, 0.1) is 5.41 Å². The van der Waals surface area contributed by atoms with Gasteiger partial charge in [0.25, 0.3) is 0 Å². The summed E-state index contributed by atoms with van der Waals surface area (Å²) in [6.45, 7) is 11.1. The molecule has 0 spiro atoms. The number of benzene rings is 1. The summed E-state index contributed by atoms with van der Waals surface area (Å²) in [5, 5.41) is 30.3. The van der Waals surface area contributed by atoms with Gasteiger partial charge >= 0.3 is 5.97 Å². The maximum Gasteiger partial charge on any atom is 0.309 e. The number of ketones is 1. The molecule has 4 aliphatic rings. The lowest BCUT2D eigenvalue weighted by Crippen LogP contribution is -2.62. The van der Waals surface area contributed by atoms with Crippen molar-refractivity contribution in [2.75, 3.05) is 0 Å². The number of phenolic OH excluding ortho intramolecular Hbond substituents is 2. The Kier molecular flexibility index (Phi) is 4.38. The SMILES string of the molecule is C[C@@]1(C(=O)O)CC[C@]2(C)CC[C@]3(C)C4=CC(=O)c5cc(O)c(O)cc5[C@]4(C)CC[C@@]3(C)[C@@H]2C1. The predicted octanol–water partition coefficient (Wildman–Crippen LogP) is 5.98. The number of aliphatic carboxylic acids is 1. The fourth-order valence-electron chi connectivity index (χ4n) is 8.42. The molecule has 1 aromatic carbocycles. The molecule has 4 aliphatic carbocycles. The first-order chi connectivity index (χ1) is 15.2. The summed E-state index contributed by atoms with van der Waals surface area (Å²) in [6.07, 6.45) is 7.87. The summed E-state index contributed by atoms with van der Waals surface area (Å²) < 4.78 is 0. The van der Waals surface area contributed by atoms with Crippen LogP contribution in [0.5, 0.6) is 11.5 Å². The number of hydrogen-bond donors (Lipinski definition) is 3. The highest BCUT2D eigenvalue weighted by Crippen LogP contribution is 2.74. The van der Waals surface area contributed by atoms with Crippen LogP contribution in [0.4, 0.5) is 0 Å². The molecule has 5 nitrogen and oxygen atoms in total. The summed E-state index contributed by atoms with van der Waals surface area (Å²) in [7, 11) is 0. The summed E-state index contributed by atoms with van der Waals surface area (Å²) in [5.41, 5.74) is 1.02. The van der Waals surface area contributed by atoms with Crippen molar-refractivity contribution in [3.63, 3.8) is 0 Å². The lowest BCUT2D eigenvalue weighted by molar-refractivity contribution is -0.177. The van der Waals surface area contributed by atoms with Crippen LogP contribution in [-0.4, -0.2) is 27.1 Å². The van der Waals surface area contributed by atoms with E-state index in [1.54, 1.807) is 12.1 Å². The molecule has 5 rings (SSSR count). The van der Waals surface area contributed by atoms with Crippen molar-refractivity contribution in [1.29, 1.82) is 0 Å². The average Bonchev–Trinajstić information content (AvgIpc) is 2.75. The molecule has 0 radical (unpaired) electrons. The van der Waals surface area contributed by atoms with Crippen LogP contribution in [-0.2, 0) is 10.2 Å². The van der Waals surface area contributed by atoms with Gasteiger partial charge in [-0.25, -0.2) is 0 Å². The lowest BCUT2D eigenvalue weighted by atomic mass is 9.34. The first-order valence-corrected chi connectivity index (χ1v) is 12.3. The third-order valence-corrected chi connectivity index (χ3v) is 11.1. The highest BCUT2D eigenvalue weighted by atomic mass is 16.4. The van der Waals surface area contributed by atoms with Crippen molar-refractivity contribution < 1.29 is 24.9 Å². The minimum Gasteiger partial charge on any atom is -0.504 e. The predicted molar refractivity (Wildman–Crippen MR) is 125 cm³/mol. The van der Waals surface area contributed by atoms with E-state index in [4.69, 9.17) is 0 Å². The molecule has 0 bridgehead atoms. The molecule has 3 fully saturated rings. The van der Waals surface area contributed by atoms with Crippen LogP contribution < -0.4 is 0 Å². The van der Waals surface area contributed by atoms with Gasteiger partial charge in [-0.05, 0) is 103 Å². The molecule has 3 saturated carbocycles. The molecule has 0 unspecified atom stereocenters. The molecule has 0 heterocycles. The van der Waals surface area contributed by atoms with Gasteiger partial charge in [-0.15, -0.1) is 0 Å². The van der Waals surface area contributed by atoms with E-state index in [-0.39, 0.29) is 39.4 Å². The fraction of sp³-hybridized carbons (Fsp3) is 0.643. The van der Waals surface area contributed by atoms with Crippen LogP contribution in [0.1, 0.15) is 95.5 Å². The molecule has 6 atom stereocenters. The number of hydrogen-bond acceptors (Lipinski definition) is 4. The number of carboxylic acids is 1. The zero-order valence-corrected chi connectivity index (χ0v) is 20.4. The minimum atomic E-state index is -0.709. The molecule has 0 aliphatic heterocycles. The minimum absolute atomic E-state index is 0.109. The number of aromatic hydroxyl groups is 2. The number of fused-ring (bicyclic) bond motifs is 7. The van der Waals surface area contributed by atoms with Crippen molar-refractivity contribution in [2.24, 2.45) is 27.6 Å². The van der Waals surface area contributed by atoms with Crippen molar-refractivity contribution in [1.82, 2.24) is 0 Å². The van der Waals surface area contributed by atoms with Crippen molar-refractivity contribution in [3.8, 4) is 11.5 Å². The van der Waals surface area contributed by atoms with E-state index in [1.807, 2.05) is 6.92 Å². The Balaban J connectivity index is 1.66. The molecule has 0 aromatic heterocycles. The van der Waals surface area contributed by atoms with E-state index in [0.717, 1.165) is 49.7 Å². The summed E-state index contributed by atoms with van der Waals surface area (Å²) in [4.78, 5) is 25.5. The molecular formula is C28H36O5. The van der Waals surface area contributed by atoms with Crippen LogP contribution in [0.3, 0.4) is 0 Å². The van der Waals surface area contributed by atoms with E-state index >= 15 is 0 Å². The summed E-state index contributed by atoms with van der Waals surface area (Å²) in [6, 6.07) is 2.98. The Labute approximate surface area is 195 Å². The van der Waals surface area contributed by atoms with Crippen molar-refractivity contribution >= 4 is 11.8 Å². The van der Waals surface area contributed by atoms with Crippen LogP contribution in [0.15, 0.2) is 23.8 Å². The van der Waals surface area contributed by atoms with Gasteiger partial charge in [-0.2, -0.15) is 0 Å². The van der Waals surface area contributed by atoms with E-state index in [0.29, 0.717) is 12.0 Å². The Morgan fingerprint density at radius 2 is 1.55 bits per heavy atom. The maximum atomic E-state index is 13.3. The van der Waals surface area contributed by atoms with Crippen LogP contribution >= 0.6 is 0 Å². The quantitative estimate of drug-likeness (QED) is 0.456. The monoisotopic (exact) mass is 452 g/mol. The van der Waals surface area contributed by atoms with Crippen LogP contribution in [0.2, 0.25) is 0 Å². The Morgan fingerprint density at radius 3 is 2.21 bits per heavy atom. The standard InChI is InChI=1S/C28H36O5/c1-24-6-7-25(2,23(32)33)15-22(24)28(5)11-9-26(3)17-13-20(31)19(30)12-16(17)18(29)14-21(26)27(28,4)10-8-24/h12-14,22,30-31H,6-11,15H2,1-5H3,(H,32,33)/t22-,24-,25-,26+,27-,28+/m1/s1. The van der Waals surface area contributed by atoms with E-state index < -0.39 is 16.8 Å². The van der Waals surface area contributed by atoms with Gasteiger partial charge in [0.15, 0.2) is 17.3 Å². The molecule has 1 aromatic rings. The highest BCUT2D eigenvalue weighted by molar-refractivity contribution is 6.09. The smallest absolute Gasteiger partial charge is 0.309 e. The summed E-state index contributed by atoms with van der Waals surface area (Å²) in [5.74, 6) is -1.02. The van der Waals surface area contributed by atoms with Crippen LogP contribution in [0, 0.1) is 27.6 Å². The number of carbonyl (C=O) groups is 2. The zero-order chi connectivity index (χ0) is 24.2. The van der Waals surface area contributed by atoms with Gasteiger partial charge < -0.3 is 15.3 Å². The number of rotatable bonds is 1. The van der Waals surface area contributed by atoms with Gasteiger partial charge in [0.1, 0.15) is 0 Å². The first-order valence-electron chi connectivity index (χ1n) is 12.3. The van der Waals surface area contributed by atoms with E-state index in [9.17, 15) is 24.9 Å². The number of allylic oxidation sites excluding steroid dienone is 2. The summed E-state index contributed by atoms with van der Waals surface area (Å²) >= 11 is 0. The molecule has 3 N–H and O–H groups in total. The van der Waals surface area contributed by atoms with Crippen LogP contribution in [0.25, 0.3) is 0 Å². The first kappa shape index (κ1) is 22.5. The molecule has 178 valence electrons. The molecule has 0 amide bonds. The van der Waals surface area contributed by atoms with Gasteiger partial charge in [-0.3, -0.25) is 9.59 Å². The second kappa shape index (κ2) is 6.43. The lowest BCUT2D eigenvalue weighted by Gasteiger charge is -2.69. The number of carboxylic acid groups (broad SMARTS) is 1. The Morgan fingerprint density at radius 1 is 0.909 bits per heavy atom. The van der Waals surface area contributed by atoms with Crippen molar-refractivity contribution in [3.05, 3.63) is 34.9 Å². The van der Waals surface area contributed by atoms with Gasteiger partial charge in [0, 0.05) is 11.0 Å². The van der Waals surface area contributed by atoms with E-state index in [1.165, 1.54) is 6.07 Å². The van der Waals surface area contributed by atoms with Gasteiger partial charge in [0.2, 0.25) is 0 Å². The Hall–Kier alpha value is -2.30. The second-order valence-corrected chi connectivity index (χ2v) is 12.7. The average molecular weight is 453 g/mol. The van der Waals surface area contributed by atoms with Gasteiger partial charge in [-0.1, -0.05) is 27.7 Å². The number of phenols is 2. The largest absolute Gasteiger partial charge is 0.504 e. The second-order valence-electron chi connectivity index (χ2n) is 12.7. The molecule has 0 saturated heterocycles. The Bertz CT molecular complexity index is 1120. The third kappa shape index (κ3) is 2.65. The normalized spacial score (nSPS) is 44.1. The third-order valence-electron chi connectivity index (χ3n) is 11.1. The van der Waals surface area contributed by atoms with Crippen molar-refractivity contribution in [2.45, 2.75) is 85.0 Å². The molecule has 33 heavy (non-hydrogen) atoms. The highest BCUT2D eigenvalue weighted by Gasteiger charge is 2.67. The zero-order valence-electron chi connectivity index (χ0n) is 20.4. The van der Waals surface area contributed by atoms with E-state index in [2.05, 4.69) is 27.7 Å².